The number of ketones is 1. The summed E-state index contributed by atoms with van der Waals surface area (Å²) in [7, 11) is 0. The van der Waals surface area contributed by atoms with Gasteiger partial charge in [-0.2, -0.15) is 0 Å². The van der Waals surface area contributed by atoms with Crippen LogP contribution in [0.25, 0.3) is 0 Å². The van der Waals surface area contributed by atoms with Gasteiger partial charge in [-0.3, -0.25) is 9.59 Å². The van der Waals surface area contributed by atoms with E-state index in [0.717, 1.165) is 56.9 Å². The van der Waals surface area contributed by atoms with Crippen molar-refractivity contribution in [1.29, 1.82) is 0 Å². The fourth-order valence-corrected chi connectivity index (χ4v) is 9.83. The summed E-state index contributed by atoms with van der Waals surface area (Å²) in [5, 5.41) is 0. The van der Waals surface area contributed by atoms with E-state index in [4.69, 9.17) is 9.47 Å². The van der Waals surface area contributed by atoms with E-state index in [0.29, 0.717) is 30.6 Å². The Morgan fingerprint density at radius 2 is 1.78 bits per heavy atom. The molecular weight excluding hydrogens is 464 g/mol. The van der Waals surface area contributed by atoms with Crippen molar-refractivity contribution in [2.24, 2.45) is 39.4 Å². The van der Waals surface area contributed by atoms with E-state index < -0.39 is 5.41 Å². The van der Waals surface area contributed by atoms with E-state index in [1.165, 1.54) is 12.5 Å². The van der Waals surface area contributed by atoms with E-state index >= 15 is 0 Å². The van der Waals surface area contributed by atoms with Crippen LogP contribution >= 0.6 is 0 Å². The molecule has 1 aliphatic heterocycles. The van der Waals surface area contributed by atoms with Crippen molar-refractivity contribution in [3.8, 4) is 0 Å². The zero-order valence-corrected chi connectivity index (χ0v) is 24.0. The summed E-state index contributed by atoms with van der Waals surface area (Å²) in [4.78, 5) is 37.4. The molecule has 7 unspecified atom stereocenters. The number of hydrogen-bond acceptors (Lipinski definition) is 5. The molecule has 5 rings (SSSR count). The number of esters is 2. The molecule has 0 radical (unpaired) electrons. The normalized spacial score (nSPS) is 41.7. The van der Waals surface area contributed by atoms with Gasteiger partial charge in [-0.25, -0.2) is 4.79 Å². The van der Waals surface area contributed by atoms with Crippen LogP contribution in [0.5, 0.6) is 0 Å². The zero-order valence-electron chi connectivity index (χ0n) is 24.0. The fraction of sp³-hybridized carbons (Fsp3) is 0.781. The van der Waals surface area contributed by atoms with Crippen LogP contribution in [0.15, 0.2) is 22.8 Å². The molecule has 5 heteroatoms. The minimum absolute atomic E-state index is 0.0491. The van der Waals surface area contributed by atoms with Gasteiger partial charge >= 0.3 is 11.9 Å². The van der Waals surface area contributed by atoms with Crippen LogP contribution in [0.1, 0.15) is 106 Å². The molecular formula is C32H46O5. The molecule has 0 spiro atoms. The number of fused-ring (bicyclic) bond motifs is 4. The van der Waals surface area contributed by atoms with Gasteiger partial charge in [0, 0.05) is 36.2 Å². The van der Waals surface area contributed by atoms with Crippen LogP contribution in [-0.4, -0.2) is 30.4 Å². The number of Topliss-reactive ketones (excluding diaryl/α,β-unsaturated/α-hetero) is 1. The third kappa shape index (κ3) is 3.72. The van der Waals surface area contributed by atoms with Crippen LogP contribution in [-0.2, 0) is 23.9 Å². The smallest absolute Gasteiger partial charge is 0.333 e. The second kappa shape index (κ2) is 8.81. The first-order valence-corrected chi connectivity index (χ1v) is 14.6. The summed E-state index contributed by atoms with van der Waals surface area (Å²) >= 11 is 0. The highest BCUT2D eigenvalue weighted by Crippen LogP contribution is 2.72. The van der Waals surface area contributed by atoms with E-state index in [1.807, 2.05) is 6.92 Å². The summed E-state index contributed by atoms with van der Waals surface area (Å²) in [6.45, 7) is 15.3. The highest BCUT2D eigenvalue weighted by molar-refractivity contribution is 5.88. The first-order chi connectivity index (χ1) is 17.3. The summed E-state index contributed by atoms with van der Waals surface area (Å²) in [6.07, 6.45) is 10.6. The number of ether oxygens (including phenoxy) is 2. The predicted octanol–water partition coefficient (Wildman–Crippen LogP) is 6.75. The van der Waals surface area contributed by atoms with Crippen molar-refractivity contribution in [2.45, 2.75) is 112 Å². The zero-order chi connectivity index (χ0) is 27.0. The van der Waals surface area contributed by atoms with Crippen molar-refractivity contribution < 1.29 is 23.9 Å². The third-order valence-electron chi connectivity index (χ3n) is 12.3. The Kier molecular flexibility index (Phi) is 6.35. The summed E-state index contributed by atoms with van der Waals surface area (Å²) in [5.74, 6) is 0.960. The molecule has 1 heterocycles. The van der Waals surface area contributed by atoms with Gasteiger partial charge in [0.2, 0.25) is 0 Å². The third-order valence-corrected chi connectivity index (χ3v) is 12.3. The highest BCUT2D eigenvalue weighted by atomic mass is 16.5. The molecule has 0 N–H and O–H groups in total. The second-order valence-electron chi connectivity index (χ2n) is 14.0. The molecule has 2 saturated carbocycles. The summed E-state index contributed by atoms with van der Waals surface area (Å²) < 4.78 is 11.7. The molecule has 5 nitrogen and oxygen atoms in total. The minimum Gasteiger partial charge on any atom is -0.465 e. The Bertz CT molecular complexity index is 1080. The standard InChI is InChI=1S/C32H46O5/c1-19-8-10-25(37-28(19)35)20(2)22-12-15-31(7)23-9-11-26-29(4,5)27(34)14-17-32(26,18-36-21(3)33)24(23)13-16-30(22,31)6/h8,20,22,25-26H,9-18H2,1-7H3. The fourth-order valence-electron chi connectivity index (χ4n) is 9.83. The lowest BCUT2D eigenvalue weighted by Crippen LogP contribution is -2.56. The Morgan fingerprint density at radius 1 is 1.05 bits per heavy atom. The Balaban J connectivity index is 1.53. The lowest BCUT2D eigenvalue weighted by Gasteiger charge is -2.61. The SMILES string of the molecule is CC(=O)OCC12CCC(=O)C(C)(C)C1CCC1=C2CCC2(C)C(C(C)C3CC=C(C)C(=O)O3)CCC12C. The molecule has 0 amide bonds. The van der Waals surface area contributed by atoms with Gasteiger partial charge in [0.1, 0.15) is 18.5 Å². The molecule has 37 heavy (non-hydrogen) atoms. The average molecular weight is 511 g/mol. The molecule has 0 aromatic rings. The Hall–Kier alpha value is -1.91. The molecule has 0 aromatic heterocycles. The Morgan fingerprint density at radius 3 is 2.46 bits per heavy atom. The van der Waals surface area contributed by atoms with Crippen LogP contribution < -0.4 is 0 Å². The molecule has 4 aliphatic carbocycles. The molecule has 0 bridgehead atoms. The number of hydrogen-bond donors (Lipinski definition) is 0. The highest BCUT2D eigenvalue weighted by Gasteiger charge is 2.65. The van der Waals surface area contributed by atoms with Gasteiger partial charge in [-0.1, -0.05) is 51.8 Å². The van der Waals surface area contributed by atoms with Gasteiger partial charge in [-0.15, -0.1) is 0 Å². The Labute approximate surface area is 222 Å². The maximum atomic E-state index is 13.1. The first-order valence-electron chi connectivity index (χ1n) is 14.6. The van der Waals surface area contributed by atoms with Gasteiger partial charge in [0.25, 0.3) is 0 Å². The number of allylic oxidation sites excluding steroid dienone is 1. The average Bonchev–Trinajstić information content (AvgIpc) is 3.13. The van der Waals surface area contributed by atoms with Gasteiger partial charge in [-0.05, 0) is 80.5 Å². The van der Waals surface area contributed by atoms with E-state index in [1.54, 1.807) is 5.57 Å². The maximum absolute atomic E-state index is 13.1. The largest absolute Gasteiger partial charge is 0.465 e. The van der Waals surface area contributed by atoms with Crippen LogP contribution in [0.2, 0.25) is 0 Å². The summed E-state index contributed by atoms with van der Waals surface area (Å²) in [6, 6.07) is 0. The minimum atomic E-state index is -0.401. The van der Waals surface area contributed by atoms with Gasteiger partial charge < -0.3 is 9.47 Å². The van der Waals surface area contributed by atoms with Crippen LogP contribution in [0.3, 0.4) is 0 Å². The van der Waals surface area contributed by atoms with Crippen molar-refractivity contribution in [3.63, 3.8) is 0 Å². The number of carbonyl (C=O) groups excluding carboxylic acids is 3. The van der Waals surface area contributed by atoms with Crippen LogP contribution in [0, 0.1) is 39.4 Å². The van der Waals surface area contributed by atoms with Gasteiger partial charge in [0.15, 0.2) is 0 Å². The van der Waals surface area contributed by atoms with Crippen molar-refractivity contribution in [3.05, 3.63) is 22.8 Å². The molecule has 0 aromatic carbocycles. The summed E-state index contributed by atoms with van der Waals surface area (Å²) in [5.41, 5.74) is 3.41. The van der Waals surface area contributed by atoms with Crippen molar-refractivity contribution in [2.75, 3.05) is 6.61 Å². The quantitative estimate of drug-likeness (QED) is 0.309. The lowest BCUT2D eigenvalue weighted by molar-refractivity contribution is -0.154. The van der Waals surface area contributed by atoms with Crippen molar-refractivity contribution in [1.82, 2.24) is 0 Å². The predicted molar refractivity (Wildman–Crippen MR) is 142 cm³/mol. The number of rotatable bonds is 4. The second-order valence-corrected chi connectivity index (χ2v) is 14.0. The van der Waals surface area contributed by atoms with Crippen molar-refractivity contribution >= 4 is 17.7 Å². The molecule has 7 atom stereocenters. The maximum Gasteiger partial charge on any atom is 0.333 e. The van der Waals surface area contributed by atoms with Crippen LogP contribution in [0.4, 0.5) is 0 Å². The first kappa shape index (κ1) is 26.7. The monoisotopic (exact) mass is 510 g/mol. The van der Waals surface area contributed by atoms with Gasteiger partial charge in [0.05, 0.1) is 0 Å². The number of cyclic esters (lactones) is 1. The molecule has 5 aliphatic rings. The van der Waals surface area contributed by atoms with E-state index in [-0.39, 0.29) is 40.2 Å². The topological polar surface area (TPSA) is 69.7 Å². The number of carbonyl (C=O) groups is 3. The lowest BCUT2D eigenvalue weighted by atomic mass is 9.43. The molecule has 2 fully saturated rings. The molecule has 204 valence electrons. The van der Waals surface area contributed by atoms with E-state index in [2.05, 4.69) is 40.7 Å². The molecule has 0 saturated heterocycles. The van der Waals surface area contributed by atoms with E-state index in [9.17, 15) is 14.4 Å².